The van der Waals surface area contributed by atoms with Gasteiger partial charge >= 0.3 is 0 Å². The number of nitriles is 1. The fourth-order valence-corrected chi connectivity index (χ4v) is 2.64. The third kappa shape index (κ3) is 3.77. The summed E-state index contributed by atoms with van der Waals surface area (Å²) in [6.45, 7) is 4.17. The van der Waals surface area contributed by atoms with Crippen LogP contribution in [-0.2, 0) is 4.79 Å². The molecule has 1 aliphatic heterocycles. The second-order valence-corrected chi connectivity index (χ2v) is 6.31. The normalized spacial score (nSPS) is 17.1. The Morgan fingerprint density at radius 3 is 2.41 bits per heavy atom. The molecule has 1 aromatic rings. The standard InChI is InChI=1S/C17H24N4O/c1-17(20(2)3)8-10-21(11-9-17)16(22)13-19-15-6-4-14(12-18)5-7-15/h4-7,19H,8-11,13H2,1-3H3. The Bertz CT molecular complexity index is 551. The van der Waals surface area contributed by atoms with Gasteiger partial charge in [-0.2, -0.15) is 5.26 Å². The fourth-order valence-electron chi connectivity index (χ4n) is 2.64. The Balaban J connectivity index is 1.82. The Morgan fingerprint density at radius 1 is 1.32 bits per heavy atom. The number of anilines is 1. The maximum absolute atomic E-state index is 12.3. The van der Waals surface area contributed by atoms with Crippen LogP contribution in [0.1, 0.15) is 25.3 Å². The highest BCUT2D eigenvalue weighted by atomic mass is 16.2. The molecular weight excluding hydrogens is 276 g/mol. The number of nitrogens with one attached hydrogen (secondary N) is 1. The molecule has 5 heteroatoms. The molecule has 2 rings (SSSR count). The summed E-state index contributed by atoms with van der Waals surface area (Å²) in [4.78, 5) is 16.5. The lowest BCUT2D eigenvalue weighted by molar-refractivity contribution is -0.131. The van der Waals surface area contributed by atoms with E-state index in [1.807, 2.05) is 17.0 Å². The molecule has 118 valence electrons. The van der Waals surface area contributed by atoms with Gasteiger partial charge in [0.1, 0.15) is 0 Å². The van der Waals surface area contributed by atoms with Crippen LogP contribution in [0.4, 0.5) is 5.69 Å². The third-order valence-corrected chi connectivity index (χ3v) is 4.73. The highest BCUT2D eigenvalue weighted by Gasteiger charge is 2.33. The number of piperidine rings is 1. The summed E-state index contributed by atoms with van der Waals surface area (Å²) in [6.07, 6.45) is 2.01. The first-order valence-electron chi connectivity index (χ1n) is 7.64. The molecule has 1 aromatic carbocycles. The van der Waals surface area contributed by atoms with Crippen molar-refractivity contribution in [1.29, 1.82) is 5.26 Å². The molecule has 0 spiro atoms. The monoisotopic (exact) mass is 300 g/mol. The van der Waals surface area contributed by atoms with Crippen molar-refractivity contribution in [2.45, 2.75) is 25.3 Å². The van der Waals surface area contributed by atoms with Gasteiger partial charge in [-0.25, -0.2) is 0 Å². The zero-order chi connectivity index (χ0) is 16.2. The molecule has 0 unspecified atom stereocenters. The van der Waals surface area contributed by atoms with Crippen LogP contribution in [-0.4, -0.2) is 55.0 Å². The van der Waals surface area contributed by atoms with Gasteiger partial charge in [0.2, 0.25) is 5.91 Å². The molecule has 0 aromatic heterocycles. The molecule has 5 nitrogen and oxygen atoms in total. The average molecular weight is 300 g/mol. The van der Waals surface area contributed by atoms with Gasteiger partial charge in [0, 0.05) is 24.3 Å². The molecular formula is C17H24N4O. The molecule has 1 aliphatic rings. The van der Waals surface area contributed by atoms with Crippen LogP contribution in [0, 0.1) is 11.3 Å². The average Bonchev–Trinajstić information content (AvgIpc) is 2.53. The van der Waals surface area contributed by atoms with Crippen LogP contribution in [0.2, 0.25) is 0 Å². The summed E-state index contributed by atoms with van der Waals surface area (Å²) in [7, 11) is 4.20. The number of hydrogen-bond donors (Lipinski definition) is 1. The number of hydrogen-bond acceptors (Lipinski definition) is 4. The second-order valence-electron chi connectivity index (χ2n) is 6.31. The molecule has 1 heterocycles. The quantitative estimate of drug-likeness (QED) is 0.923. The van der Waals surface area contributed by atoms with Crippen LogP contribution in [0.3, 0.4) is 0 Å². The summed E-state index contributed by atoms with van der Waals surface area (Å²) in [6, 6.07) is 9.22. The predicted molar refractivity (Wildman–Crippen MR) is 87.6 cm³/mol. The zero-order valence-corrected chi connectivity index (χ0v) is 13.6. The number of benzene rings is 1. The number of likely N-dealkylation sites (tertiary alicyclic amines) is 1. The smallest absolute Gasteiger partial charge is 0.241 e. The predicted octanol–water partition coefficient (Wildman–Crippen LogP) is 1.91. The van der Waals surface area contributed by atoms with E-state index in [2.05, 4.69) is 37.3 Å². The third-order valence-electron chi connectivity index (χ3n) is 4.73. The van der Waals surface area contributed by atoms with Crippen LogP contribution in [0.15, 0.2) is 24.3 Å². The largest absolute Gasteiger partial charge is 0.376 e. The van der Waals surface area contributed by atoms with Crippen molar-refractivity contribution in [2.75, 3.05) is 39.0 Å². The van der Waals surface area contributed by atoms with Crippen LogP contribution in [0.25, 0.3) is 0 Å². The van der Waals surface area contributed by atoms with Crippen molar-refractivity contribution in [3.63, 3.8) is 0 Å². The van der Waals surface area contributed by atoms with Gasteiger partial charge < -0.3 is 15.1 Å². The van der Waals surface area contributed by atoms with Crippen molar-refractivity contribution in [3.05, 3.63) is 29.8 Å². The van der Waals surface area contributed by atoms with Gasteiger partial charge in [-0.05, 0) is 58.1 Å². The maximum atomic E-state index is 12.3. The first kappa shape index (κ1) is 16.3. The Hall–Kier alpha value is -2.06. The maximum Gasteiger partial charge on any atom is 0.241 e. The summed E-state index contributed by atoms with van der Waals surface area (Å²) >= 11 is 0. The molecule has 0 saturated carbocycles. The number of carbonyl (C=O) groups is 1. The molecule has 1 fully saturated rings. The van der Waals surface area contributed by atoms with Gasteiger partial charge in [0.05, 0.1) is 18.2 Å². The van der Waals surface area contributed by atoms with E-state index in [9.17, 15) is 4.79 Å². The number of amides is 1. The van der Waals surface area contributed by atoms with E-state index < -0.39 is 0 Å². The minimum absolute atomic E-state index is 0.130. The molecule has 1 amide bonds. The minimum Gasteiger partial charge on any atom is -0.376 e. The van der Waals surface area contributed by atoms with Gasteiger partial charge in [0.25, 0.3) is 0 Å². The van der Waals surface area contributed by atoms with E-state index in [1.54, 1.807) is 12.1 Å². The number of carbonyl (C=O) groups excluding carboxylic acids is 1. The molecule has 1 N–H and O–H groups in total. The first-order chi connectivity index (χ1) is 10.4. The van der Waals surface area contributed by atoms with Gasteiger partial charge in [0.15, 0.2) is 0 Å². The summed E-state index contributed by atoms with van der Waals surface area (Å²) < 4.78 is 0. The van der Waals surface area contributed by atoms with Gasteiger partial charge in [-0.3, -0.25) is 4.79 Å². The second kappa shape index (κ2) is 6.80. The number of rotatable bonds is 4. The molecule has 0 radical (unpaired) electrons. The SMILES string of the molecule is CN(C)C1(C)CCN(C(=O)CNc2ccc(C#N)cc2)CC1. The van der Waals surface area contributed by atoms with E-state index >= 15 is 0 Å². The lowest BCUT2D eigenvalue weighted by Crippen LogP contribution is -2.52. The van der Waals surface area contributed by atoms with E-state index in [0.717, 1.165) is 31.6 Å². The highest BCUT2D eigenvalue weighted by Crippen LogP contribution is 2.26. The van der Waals surface area contributed by atoms with Crippen LogP contribution in [0.5, 0.6) is 0 Å². The van der Waals surface area contributed by atoms with Crippen molar-refractivity contribution in [2.24, 2.45) is 0 Å². The van der Waals surface area contributed by atoms with Crippen LogP contribution >= 0.6 is 0 Å². The van der Waals surface area contributed by atoms with E-state index in [4.69, 9.17) is 5.26 Å². The lowest BCUT2D eigenvalue weighted by Gasteiger charge is -2.43. The zero-order valence-electron chi connectivity index (χ0n) is 13.6. The summed E-state index contributed by atoms with van der Waals surface area (Å²) in [5.41, 5.74) is 1.68. The van der Waals surface area contributed by atoms with E-state index in [-0.39, 0.29) is 11.4 Å². The molecule has 0 aliphatic carbocycles. The molecule has 22 heavy (non-hydrogen) atoms. The van der Waals surface area contributed by atoms with Crippen molar-refractivity contribution in [1.82, 2.24) is 9.80 Å². The van der Waals surface area contributed by atoms with Crippen LogP contribution < -0.4 is 5.32 Å². The van der Waals surface area contributed by atoms with Gasteiger partial charge in [-0.1, -0.05) is 0 Å². The summed E-state index contributed by atoms with van der Waals surface area (Å²) in [5, 5.41) is 11.9. The number of nitrogens with zero attached hydrogens (tertiary/aromatic N) is 3. The Kier molecular flexibility index (Phi) is 5.04. The van der Waals surface area contributed by atoms with Crippen molar-refractivity contribution in [3.8, 4) is 6.07 Å². The highest BCUT2D eigenvalue weighted by molar-refractivity contribution is 5.81. The fraction of sp³-hybridized carbons (Fsp3) is 0.529. The van der Waals surface area contributed by atoms with E-state index in [0.29, 0.717) is 12.1 Å². The van der Waals surface area contributed by atoms with Crippen molar-refractivity contribution < 1.29 is 4.79 Å². The van der Waals surface area contributed by atoms with E-state index in [1.165, 1.54) is 0 Å². The van der Waals surface area contributed by atoms with Gasteiger partial charge in [-0.15, -0.1) is 0 Å². The lowest BCUT2D eigenvalue weighted by atomic mass is 9.88. The topological polar surface area (TPSA) is 59.4 Å². The molecule has 0 atom stereocenters. The minimum atomic E-state index is 0.130. The summed E-state index contributed by atoms with van der Waals surface area (Å²) in [5.74, 6) is 0.130. The Labute approximate surface area is 132 Å². The Morgan fingerprint density at radius 2 is 1.91 bits per heavy atom. The van der Waals surface area contributed by atoms with Crippen molar-refractivity contribution >= 4 is 11.6 Å². The molecule has 1 saturated heterocycles. The molecule has 0 bridgehead atoms. The first-order valence-corrected chi connectivity index (χ1v) is 7.64.